The zero-order valence-electron chi connectivity index (χ0n) is 25.4. The second-order valence-electron chi connectivity index (χ2n) is 11.1. The van der Waals surface area contributed by atoms with Gasteiger partial charge in [-0.3, -0.25) is 4.90 Å². The number of anilines is 1. The van der Waals surface area contributed by atoms with Crippen molar-refractivity contribution in [3.05, 3.63) is 59.0 Å². The van der Waals surface area contributed by atoms with Gasteiger partial charge in [-0.2, -0.15) is 9.97 Å². The molecule has 10 nitrogen and oxygen atoms in total. The highest BCUT2D eigenvalue weighted by Gasteiger charge is 2.34. The molecule has 2 atom stereocenters. The zero-order valence-corrected chi connectivity index (χ0v) is 25.4. The first-order chi connectivity index (χ1) is 22.2. The quantitative estimate of drug-likeness (QED) is 0.218. The number of alkyl halides is 1. The van der Waals surface area contributed by atoms with Crippen molar-refractivity contribution >= 4 is 27.5 Å². The molecule has 2 N–H and O–H groups in total. The van der Waals surface area contributed by atoms with Crippen molar-refractivity contribution in [2.45, 2.75) is 44.9 Å². The van der Waals surface area contributed by atoms with Gasteiger partial charge in [-0.25, -0.2) is 18.2 Å². The summed E-state index contributed by atoms with van der Waals surface area (Å²) < 4.78 is 59.2. The van der Waals surface area contributed by atoms with Crippen LogP contribution in [0.2, 0.25) is 0 Å². The topological polar surface area (TPSA) is 119 Å². The minimum atomic E-state index is -0.875. The lowest BCUT2D eigenvalue weighted by molar-refractivity contribution is 0.292. The Morgan fingerprint density at radius 1 is 1.15 bits per heavy atom. The molecule has 2 unspecified atom stereocenters. The van der Waals surface area contributed by atoms with Gasteiger partial charge in [0.15, 0.2) is 5.82 Å². The van der Waals surface area contributed by atoms with Crippen LogP contribution in [0.5, 0.6) is 17.6 Å². The van der Waals surface area contributed by atoms with Crippen LogP contribution < -0.4 is 14.8 Å². The Bertz CT molecular complexity index is 1970. The predicted molar refractivity (Wildman–Crippen MR) is 166 cm³/mol. The number of hydrogen-bond acceptors (Lipinski definition) is 10. The number of terminal acetylenes is 1. The third kappa shape index (κ3) is 5.72. The molecule has 0 spiro atoms. The SMILES string of the molecule is C#Cc1c(F)ccc2cc(O)cc(-c3nc(OC)c4c(NCc5cnoc5C)nc(OC)nc4c3F)c12.FC1CC2CCCN2C1. The van der Waals surface area contributed by atoms with Crippen molar-refractivity contribution in [1.82, 2.24) is 25.0 Å². The maximum atomic E-state index is 16.2. The van der Waals surface area contributed by atoms with E-state index in [4.69, 9.17) is 20.4 Å². The molecule has 0 radical (unpaired) electrons. The fourth-order valence-electron chi connectivity index (χ4n) is 6.11. The molecule has 0 amide bonds. The molecular weight excluding hydrogens is 601 g/mol. The Labute approximate surface area is 262 Å². The highest BCUT2D eigenvalue weighted by molar-refractivity contribution is 6.04. The van der Waals surface area contributed by atoms with Gasteiger partial charge in [-0.1, -0.05) is 17.1 Å². The van der Waals surface area contributed by atoms with E-state index in [-0.39, 0.29) is 63.1 Å². The van der Waals surface area contributed by atoms with Gasteiger partial charge in [0.1, 0.15) is 45.9 Å². The molecule has 0 saturated carbocycles. The lowest BCUT2D eigenvalue weighted by Crippen LogP contribution is -2.22. The van der Waals surface area contributed by atoms with Gasteiger partial charge in [-0.05, 0) is 56.3 Å². The van der Waals surface area contributed by atoms with Gasteiger partial charge >= 0.3 is 6.01 Å². The summed E-state index contributed by atoms with van der Waals surface area (Å²) in [5, 5.41) is 17.9. The Morgan fingerprint density at radius 3 is 2.67 bits per heavy atom. The molecule has 0 aliphatic carbocycles. The molecule has 2 aromatic carbocycles. The fraction of sp³-hybridized carbons (Fsp3) is 0.333. The number of nitrogens with one attached hydrogen (secondary N) is 1. The van der Waals surface area contributed by atoms with Crippen molar-refractivity contribution < 1.29 is 32.3 Å². The largest absolute Gasteiger partial charge is 0.508 e. The number of methoxy groups -OCH3 is 2. The molecule has 5 aromatic rings. The Kier molecular flexibility index (Phi) is 8.55. The molecule has 2 saturated heterocycles. The maximum absolute atomic E-state index is 16.2. The summed E-state index contributed by atoms with van der Waals surface area (Å²) in [6.07, 6.45) is 9.94. The third-order valence-corrected chi connectivity index (χ3v) is 8.31. The minimum Gasteiger partial charge on any atom is -0.508 e. The second kappa shape index (κ2) is 12.7. The zero-order chi connectivity index (χ0) is 32.5. The highest BCUT2D eigenvalue weighted by atomic mass is 19.1. The lowest BCUT2D eigenvalue weighted by atomic mass is 9.95. The van der Waals surface area contributed by atoms with Gasteiger partial charge in [0.25, 0.3) is 0 Å². The van der Waals surface area contributed by atoms with Crippen LogP contribution in [-0.2, 0) is 6.54 Å². The number of ether oxygens (including phenoxy) is 2. The van der Waals surface area contributed by atoms with E-state index in [1.54, 1.807) is 13.1 Å². The van der Waals surface area contributed by atoms with Crippen LogP contribution in [0, 0.1) is 30.9 Å². The Morgan fingerprint density at radius 2 is 1.98 bits per heavy atom. The molecule has 2 aliphatic heterocycles. The molecule has 7 rings (SSSR count). The normalized spacial score (nSPS) is 17.4. The molecule has 3 aromatic heterocycles. The summed E-state index contributed by atoms with van der Waals surface area (Å²) in [4.78, 5) is 15.2. The highest BCUT2D eigenvalue weighted by Crippen LogP contribution is 2.41. The molecule has 13 heteroatoms. The first-order valence-electron chi connectivity index (χ1n) is 14.7. The molecule has 238 valence electrons. The van der Waals surface area contributed by atoms with E-state index in [0.717, 1.165) is 18.5 Å². The summed E-state index contributed by atoms with van der Waals surface area (Å²) in [6, 6.07) is 5.76. The maximum Gasteiger partial charge on any atom is 0.318 e. The van der Waals surface area contributed by atoms with Crippen LogP contribution in [0.4, 0.5) is 19.0 Å². The first-order valence-corrected chi connectivity index (χ1v) is 14.7. The van der Waals surface area contributed by atoms with Gasteiger partial charge in [0.05, 0.1) is 26.0 Å². The summed E-state index contributed by atoms with van der Waals surface area (Å²) >= 11 is 0. The number of fused-ring (bicyclic) bond motifs is 3. The lowest BCUT2D eigenvalue weighted by Gasteiger charge is -2.16. The average molecular weight is 633 g/mol. The second-order valence-corrected chi connectivity index (χ2v) is 11.1. The van der Waals surface area contributed by atoms with Crippen molar-refractivity contribution in [2.75, 3.05) is 32.6 Å². The Balaban J connectivity index is 0.000000352. The molecule has 46 heavy (non-hydrogen) atoms. The molecule has 2 fully saturated rings. The fourth-order valence-corrected chi connectivity index (χ4v) is 6.11. The van der Waals surface area contributed by atoms with Crippen molar-refractivity contribution in [3.8, 4) is 41.2 Å². The number of phenolic OH excluding ortho intramolecular Hbond substituents is 1. The smallest absolute Gasteiger partial charge is 0.318 e. The molecule has 2 aliphatic rings. The number of nitrogens with zero attached hydrogens (tertiary/aromatic N) is 5. The summed E-state index contributed by atoms with van der Waals surface area (Å²) in [5.41, 5.74) is 0.291. The number of hydrogen-bond donors (Lipinski definition) is 2. The number of aromatic hydroxyl groups is 1. The standard InChI is InChI=1S/C26H19F2N5O4.C7H12FN/c1-5-16-18(27)7-6-13-8-15(34)9-17(19(13)16)22-21(28)23-20(25(31-22)35-3)24(33-26(32-23)36-4)29-10-14-11-30-37-12(14)2;8-6-4-7-2-1-3-9(7)5-6/h1,6-9,11,34H,10H2,2-4H3,(H,29,32,33);6-7H,1-5H2. The average Bonchev–Trinajstić information content (AvgIpc) is 3.76. The third-order valence-electron chi connectivity index (χ3n) is 8.31. The summed E-state index contributed by atoms with van der Waals surface area (Å²) in [5.74, 6) is 1.34. The van der Waals surface area contributed by atoms with E-state index in [0.29, 0.717) is 23.7 Å². The van der Waals surface area contributed by atoms with E-state index in [1.165, 1.54) is 51.3 Å². The Hall–Kier alpha value is -5.09. The molecular formula is C33H31F3N6O4. The number of halogens is 3. The molecule has 0 bridgehead atoms. The van der Waals surface area contributed by atoms with E-state index < -0.39 is 17.8 Å². The first kappa shape index (κ1) is 30.9. The predicted octanol–water partition coefficient (Wildman–Crippen LogP) is 5.93. The number of rotatable bonds is 6. The number of pyridine rings is 1. The van der Waals surface area contributed by atoms with Gasteiger partial charge in [-0.15, -0.1) is 6.42 Å². The van der Waals surface area contributed by atoms with Crippen molar-refractivity contribution in [2.24, 2.45) is 0 Å². The summed E-state index contributed by atoms with van der Waals surface area (Å²) in [6.45, 7) is 3.86. The van der Waals surface area contributed by atoms with E-state index in [2.05, 4.69) is 36.2 Å². The molecule has 5 heterocycles. The van der Waals surface area contributed by atoms with Crippen LogP contribution in [0.15, 0.2) is 35.0 Å². The van der Waals surface area contributed by atoms with Gasteiger partial charge < -0.3 is 24.4 Å². The minimum absolute atomic E-state index is 0.0197. The van der Waals surface area contributed by atoms with E-state index in [9.17, 15) is 13.9 Å². The van der Waals surface area contributed by atoms with Gasteiger partial charge in [0, 0.05) is 35.6 Å². The van der Waals surface area contributed by atoms with Crippen molar-refractivity contribution in [3.63, 3.8) is 0 Å². The number of phenols is 1. The van der Waals surface area contributed by atoms with Crippen LogP contribution in [0.25, 0.3) is 32.9 Å². The van der Waals surface area contributed by atoms with Gasteiger partial charge in [0.2, 0.25) is 5.88 Å². The number of aryl methyl sites for hydroxylation is 1. The van der Waals surface area contributed by atoms with Crippen LogP contribution in [-0.4, -0.2) is 69.6 Å². The van der Waals surface area contributed by atoms with Crippen LogP contribution in [0.3, 0.4) is 0 Å². The van der Waals surface area contributed by atoms with E-state index in [1.807, 2.05) is 0 Å². The number of benzene rings is 2. The summed E-state index contributed by atoms with van der Waals surface area (Å²) in [7, 11) is 2.70. The van der Waals surface area contributed by atoms with Crippen LogP contribution >= 0.6 is 0 Å². The number of aromatic nitrogens is 4. The van der Waals surface area contributed by atoms with Crippen LogP contribution in [0.1, 0.15) is 36.1 Å². The van der Waals surface area contributed by atoms with Crippen molar-refractivity contribution in [1.29, 1.82) is 0 Å². The monoisotopic (exact) mass is 632 g/mol. The van der Waals surface area contributed by atoms with E-state index >= 15 is 4.39 Å².